The van der Waals surface area contributed by atoms with E-state index in [0.29, 0.717) is 6.54 Å². The van der Waals surface area contributed by atoms with E-state index in [0.717, 1.165) is 37.4 Å². The number of azide groups is 1. The Morgan fingerprint density at radius 2 is 2.18 bits per heavy atom. The third kappa shape index (κ3) is 2.52. The molecule has 1 amide bonds. The molecule has 0 atom stereocenters. The maximum absolute atomic E-state index is 11.2. The number of fused-ring (bicyclic) bond motifs is 3. The minimum absolute atomic E-state index is 0.183. The van der Waals surface area contributed by atoms with Crippen molar-refractivity contribution in [2.75, 3.05) is 0 Å². The second-order valence-corrected chi connectivity index (χ2v) is 5.85. The maximum atomic E-state index is 11.2. The Kier molecular flexibility index (Phi) is 3.75. The average Bonchev–Trinajstić information content (AvgIpc) is 2.87. The molecule has 3 N–H and O–H groups in total. The average molecular weight is 358 g/mol. The second-order valence-electron chi connectivity index (χ2n) is 4.99. The zero-order chi connectivity index (χ0) is 15.7. The van der Waals surface area contributed by atoms with E-state index in [1.165, 1.54) is 0 Å². The van der Waals surface area contributed by atoms with Gasteiger partial charge in [0.1, 0.15) is 0 Å². The van der Waals surface area contributed by atoms with E-state index in [9.17, 15) is 4.79 Å². The van der Waals surface area contributed by atoms with Crippen molar-refractivity contribution in [3.63, 3.8) is 0 Å². The van der Waals surface area contributed by atoms with E-state index in [1.807, 2.05) is 30.3 Å². The number of rotatable bonds is 4. The summed E-state index contributed by atoms with van der Waals surface area (Å²) in [6.45, 7) is 0.303. The molecule has 6 nitrogen and oxygen atoms in total. The normalized spacial score (nSPS) is 10.8. The molecule has 0 spiro atoms. The zero-order valence-corrected chi connectivity index (χ0v) is 13.1. The number of H-pyrrole nitrogens is 1. The standard InChI is InChI=1S/C15H12BrN5O/c16-11-4-2-9(6-13(17)22)15-14(11)10-3-1-8(7-19-21-18)5-12(10)20-15/h1-5,20H,6-7H2,(H2,17,22). The van der Waals surface area contributed by atoms with E-state index in [2.05, 4.69) is 30.9 Å². The van der Waals surface area contributed by atoms with Gasteiger partial charge in [-0.25, -0.2) is 0 Å². The molecule has 3 rings (SSSR count). The third-order valence-electron chi connectivity index (χ3n) is 3.53. The largest absolute Gasteiger partial charge is 0.369 e. The summed E-state index contributed by atoms with van der Waals surface area (Å²) in [6, 6.07) is 9.66. The highest BCUT2D eigenvalue weighted by Gasteiger charge is 2.13. The SMILES string of the molecule is [N-]=[N+]=NCc1ccc2c(c1)[nH]c1c(CC(N)=O)ccc(Br)c12. The Balaban J connectivity index is 2.25. The molecule has 0 fully saturated rings. The quantitative estimate of drug-likeness (QED) is 0.411. The van der Waals surface area contributed by atoms with E-state index < -0.39 is 0 Å². The number of primary amides is 1. The number of aromatic nitrogens is 1. The van der Waals surface area contributed by atoms with Gasteiger partial charge in [-0.15, -0.1) is 0 Å². The molecular formula is C15H12BrN5O. The molecule has 0 radical (unpaired) electrons. The first-order valence-electron chi connectivity index (χ1n) is 6.61. The number of carbonyl (C=O) groups is 1. The fourth-order valence-electron chi connectivity index (χ4n) is 2.62. The molecule has 110 valence electrons. The summed E-state index contributed by atoms with van der Waals surface area (Å²) in [6.07, 6.45) is 0.183. The predicted molar refractivity (Wildman–Crippen MR) is 89.3 cm³/mol. The van der Waals surface area contributed by atoms with Crippen molar-refractivity contribution < 1.29 is 4.79 Å². The van der Waals surface area contributed by atoms with Crippen LogP contribution in [0.4, 0.5) is 0 Å². The van der Waals surface area contributed by atoms with Crippen molar-refractivity contribution in [2.24, 2.45) is 10.8 Å². The van der Waals surface area contributed by atoms with Crippen molar-refractivity contribution in [2.45, 2.75) is 13.0 Å². The molecule has 2 aromatic carbocycles. The first-order valence-corrected chi connectivity index (χ1v) is 7.40. The van der Waals surface area contributed by atoms with Gasteiger partial charge in [0.25, 0.3) is 0 Å². The summed E-state index contributed by atoms with van der Waals surface area (Å²) in [5.41, 5.74) is 17.3. The van der Waals surface area contributed by atoms with Crippen LogP contribution in [0.5, 0.6) is 0 Å². The monoisotopic (exact) mass is 357 g/mol. The maximum Gasteiger partial charge on any atom is 0.221 e. The Morgan fingerprint density at radius 1 is 1.36 bits per heavy atom. The third-order valence-corrected chi connectivity index (χ3v) is 4.20. The summed E-state index contributed by atoms with van der Waals surface area (Å²) in [5.74, 6) is -0.369. The molecule has 0 unspecified atom stereocenters. The lowest BCUT2D eigenvalue weighted by atomic mass is 10.1. The highest BCUT2D eigenvalue weighted by Crippen LogP contribution is 2.34. The fourth-order valence-corrected chi connectivity index (χ4v) is 3.16. The minimum atomic E-state index is -0.369. The van der Waals surface area contributed by atoms with E-state index >= 15 is 0 Å². The van der Waals surface area contributed by atoms with Crippen molar-refractivity contribution in [1.82, 2.24) is 4.98 Å². The van der Waals surface area contributed by atoms with Crippen LogP contribution in [0, 0.1) is 0 Å². The van der Waals surface area contributed by atoms with E-state index in [-0.39, 0.29) is 12.3 Å². The first-order chi connectivity index (χ1) is 10.6. The van der Waals surface area contributed by atoms with Gasteiger partial charge >= 0.3 is 0 Å². The van der Waals surface area contributed by atoms with E-state index in [1.54, 1.807) is 0 Å². The minimum Gasteiger partial charge on any atom is -0.369 e. The lowest BCUT2D eigenvalue weighted by molar-refractivity contribution is -0.117. The van der Waals surface area contributed by atoms with Crippen molar-refractivity contribution in [3.05, 3.63) is 56.4 Å². The van der Waals surface area contributed by atoms with Crippen LogP contribution in [0.15, 0.2) is 39.9 Å². The Morgan fingerprint density at radius 3 is 2.91 bits per heavy atom. The number of nitrogens with zero attached hydrogens (tertiary/aromatic N) is 3. The summed E-state index contributed by atoms with van der Waals surface area (Å²) in [4.78, 5) is 17.3. The van der Waals surface area contributed by atoms with Crippen LogP contribution >= 0.6 is 15.9 Å². The Hall–Kier alpha value is -2.50. The summed E-state index contributed by atoms with van der Waals surface area (Å²) in [5, 5.41) is 5.63. The molecule has 0 aliphatic carbocycles. The topological polar surface area (TPSA) is 108 Å². The van der Waals surface area contributed by atoms with Crippen LogP contribution in [-0.2, 0) is 17.8 Å². The fraction of sp³-hybridized carbons (Fsp3) is 0.133. The van der Waals surface area contributed by atoms with Gasteiger partial charge in [-0.1, -0.05) is 39.2 Å². The van der Waals surface area contributed by atoms with Gasteiger partial charge in [-0.2, -0.15) is 0 Å². The number of nitrogens with one attached hydrogen (secondary N) is 1. The van der Waals surface area contributed by atoms with Crippen LogP contribution < -0.4 is 5.73 Å². The number of aromatic amines is 1. The van der Waals surface area contributed by atoms with Gasteiger partial charge < -0.3 is 10.7 Å². The number of hydrogen-bond acceptors (Lipinski definition) is 2. The van der Waals surface area contributed by atoms with Gasteiger partial charge in [-0.3, -0.25) is 4.79 Å². The number of amides is 1. The number of hydrogen-bond donors (Lipinski definition) is 2. The Labute approximate surface area is 134 Å². The highest BCUT2D eigenvalue weighted by atomic mass is 79.9. The summed E-state index contributed by atoms with van der Waals surface area (Å²) in [7, 11) is 0. The molecule has 3 aromatic rings. The molecule has 0 bridgehead atoms. The zero-order valence-electron chi connectivity index (χ0n) is 11.5. The van der Waals surface area contributed by atoms with Crippen LogP contribution in [-0.4, -0.2) is 10.9 Å². The Bertz CT molecular complexity index is 940. The second kappa shape index (κ2) is 5.71. The van der Waals surface area contributed by atoms with Crippen molar-refractivity contribution >= 4 is 43.6 Å². The van der Waals surface area contributed by atoms with Crippen LogP contribution in [0.3, 0.4) is 0 Å². The lowest BCUT2D eigenvalue weighted by Gasteiger charge is -2.02. The van der Waals surface area contributed by atoms with E-state index in [4.69, 9.17) is 11.3 Å². The van der Waals surface area contributed by atoms with Gasteiger partial charge in [0.05, 0.1) is 18.5 Å². The highest BCUT2D eigenvalue weighted by molar-refractivity contribution is 9.10. The smallest absolute Gasteiger partial charge is 0.221 e. The molecule has 0 aliphatic heterocycles. The van der Waals surface area contributed by atoms with Crippen molar-refractivity contribution in [1.29, 1.82) is 0 Å². The number of halogens is 1. The number of benzene rings is 2. The lowest BCUT2D eigenvalue weighted by Crippen LogP contribution is -2.13. The molecule has 7 heteroatoms. The summed E-state index contributed by atoms with van der Waals surface area (Å²) < 4.78 is 0.949. The van der Waals surface area contributed by atoms with Gasteiger partial charge in [-0.05, 0) is 28.8 Å². The molecule has 0 saturated carbocycles. The van der Waals surface area contributed by atoms with Gasteiger partial charge in [0, 0.05) is 25.7 Å². The summed E-state index contributed by atoms with van der Waals surface area (Å²) >= 11 is 3.56. The molecule has 1 heterocycles. The molecule has 22 heavy (non-hydrogen) atoms. The van der Waals surface area contributed by atoms with Crippen molar-refractivity contribution in [3.8, 4) is 0 Å². The number of carbonyl (C=O) groups excluding carboxylic acids is 1. The molecule has 1 aromatic heterocycles. The first kappa shape index (κ1) is 14.4. The van der Waals surface area contributed by atoms with Gasteiger partial charge in [0.2, 0.25) is 5.91 Å². The van der Waals surface area contributed by atoms with Crippen LogP contribution in [0.25, 0.3) is 32.2 Å². The molecular weight excluding hydrogens is 346 g/mol. The predicted octanol–water partition coefficient (Wildman–Crippen LogP) is 3.92. The number of nitrogens with two attached hydrogens (primary N) is 1. The molecule has 0 saturated heterocycles. The van der Waals surface area contributed by atoms with Gasteiger partial charge in [0.15, 0.2) is 0 Å². The van der Waals surface area contributed by atoms with Crippen LogP contribution in [0.2, 0.25) is 0 Å². The molecule has 0 aliphatic rings. The van der Waals surface area contributed by atoms with Crippen LogP contribution in [0.1, 0.15) is 11.1 Å².